The Bertz CT molecular complexity index is 1020. The number of amides is 2. The summed E-state index contributed by atoms with van der Waals surface area (Å²) in [7, 11) is 0. The van der Waals surface area contributed by atoms with Crippen molar-refractivity contribution in [2.24, 2.45) is 5.92 Å². The maximum atomic E-state index is 12.9. The van der Waals surface area contributed by atoms with Crippen LogP contribution >= 0.6 is 11.6 Å². The predicted octanol–water partition coefficient (Wildman–Crippen LogP) is 5.63. The third kappa shape index (κ3) is 5.98. The molecule has 2 atom stereocenters. The molecule has 0 aromatic heterocycles. The fourth-order valence-electron chi connectivity index (χ4n) is 4.85. The molecular formula is C28H34ClN3O2. The number of carbonyl (C=O) groups is 2. The van der Waals surface area contributed by atoms with Crippen LogP contribution in [-0.2, 0) is 21.5 Å². The molecule has 180 valence electrons. The second-order valence-electron chi connectivity index (χ2n) is 9.37. The first kappa shape index (κ1) is 25.8. The normalized spacial score (nSPS) is 17.3. The van der Waals surface area contributed by atoms with Crippen LogP contribution < -0.4 is 5.32 Å². The van der Waals surface area contributed by atoms with Crippen LogP contribution in [0.4, 0.5) is 0 Å². The van der Waals surface area contributed by atoms with Crippen LogP contribution in [0.3, 0.4) is 0 Å². The number of benzene rings is 2. The molecule has 3 rings (SSSR count). The molecule has 0 spiro atoms. The van der Waals surface area contributed by atoms with Crippen molar-refractivity contribution in [1.82, 2.24) is 10.2 Å². The van der Waals surface area contributed by atoms with E-state index in [2.05, 4.69) is 25.2 Å². The lowest BCUT2D eigenvalue weighted by Crippen LogP contribution is -2.45. The van der Waals surface area contributed by atoms with E-state index in [9.17, 15) is 14.9 Å². The van der Waals surface area contributed by atoms with E-state index < -0.39 is 11.5 Å². The molecule has 34 heavy (non-hydrogen) atoms. The van der Waals surface area contributed by atoms with Gasteiger partial charge in [0.15, 0.2) is 0 Å². The highest BCUT2D eigenvalue weighted by atomic mass is 35.5. The summed E-state index contributed by atoms with van der Waals surface area (Å²) in [6.07, 6.45) is 4.09. The fraction of sp³-hybridized carbons (Fsp3) is 0.464. The second kappa shape index (κ2) is 12.0. The number of nitriles is 1. The van der Waals surface area contributed by atoms with Gasteiger partial charge in [0.25, 0.3) is 0 Å². The maximum Gasteiger partial charge on any atom is 0.243 e. The third-order valence-electron chi connectivity index (χ3n) is 6.97. The van der Waals surface area contributed by atoms with E-state index in [4.69, 9.17) is 11.6 Å². The van der Waals surface area contributed by atoms with Crippen LogP contribution in [0.5, 0.6) is 0 Å². The lowest BCUT2D eigenvalue weighted by atomic mass is 9.69. The summed E-state index contributed by atoms with van der Waals surface area (Å²) in [5, 5.41) is 13.6. The number of likely N-dealkylation sites (tertiary alicyclic amines) is 1. The van der Waals surface area contributed by atoms with E-state index in [1.54, 1.807) is 11.0 Å². The number of carbonyl (C=O) groups excluding carboxylic acids is 2. The first-order valence-electron chi connectivity index (χ1n) is 12.2. The molecule has 1 aliphatic rings. The van der Waals surface area contributed by atoms with Crippen LogP contribution in [-0.4, -0.2) is 29.3 Å². The van der Waals surface area contributed by atoms with Crippen molar-refractivity contribution in [2.75, 3.05) is 6.54 Å². The molecule has 1 saturated heterocycles. The minimum absolute atomic E-state index is 0.0159. The zero-order valence-electron chi connectivity index (χ0n) is 20.1. The quantitative estimate of drug-likeness (QED) is 0.449. The molecule has 6 heteroatoms. The van der Waals surface area contributed by atoms with E-state index in [0.29, 0.717) is 43.8 Å². The highest BCUT2D eigenvalue weighted by molar-refractivity contribution is 6.31. The van der Waals surface area contributed by atoms with E-state index >= 15 is 0 Å². The van der Waals surface area contributed by atoms with Crippen LogP contribution in [0.2, 0.25) is 5.02 Å². The minimum atomic E-state index is -0.556. The Morgan fingerprint density at radius 1 is 1.15 bits per heavy atom. The Morgan fingerprint density at radius 3 is 2.53 bits per heavy atom. The predicted molar refractivity (Wildman–Crippen MR) is 135 cm³/mol. The third-order valence-corrected chi connectivity index (χ3v) is 7.34. The van der Waals surface area contributed by atoms with Crippen LogP contribution in [0, 0.1) is 17.2 Å². The molecule has 0 unspecified atom stereocenters. The molecule has 0 aliphatic carbocycles. The molecule has 1 N–H and O–H groups in total. The van der Waals surface area contributed by atoms with Gasteiger partial charge in [-0.3, -0.25) is 9.59 Å². The van der Waals surface area contributed by atoms with Gasteiger partial charge in [0.1, 0.15) is 6.04 Å². The largest absolute Gasteiger partial charge is 0.350 e. The van der Waals surface area contributed by atoms with Gasteiger partial charge in [-0.15, -0.1) is 0 Å². The van der Waals surface area contributed by atoms with Gasteiger partial charge < -0.3 is 10.2 Å². The molecule has 1 fully saturated rings. The smallest absolute Gasteiger partial charge is 0.243 e. The molecule has 0 bridgehead atoms. The zero-order valence-corrected chi connectivity index (χ0v) is 20.9. The van der Waals surface area contributed by atoms with Crippen molar-refractivity contribution in [3.63, 3.8) is 0 Å². The molecule has 0 radical (unpaired) electrons. The zero-order chi connectivity index (χ0) is 24.6. The molecule has 1 aliphatic heterocycles. The molecule has 2 aromatic carbocycles. The van der Waals surface area contributed by atoms with E-state index in [1.807, 2.05) is 48.5 Å². The standard InChI is InChI=1S/C28H34ClN3O2/c1-21(2)28(20-30,23-12-4-3-5-13-23)17-9-8-16-26(33)32-18-10-15-25(32)27(34)31-19-22-11-6-7-14-24(22)29/h3-7,11-14,21,25H,8-10,15-19H2,1-2H3,(H,31,34)/t25-,28+/m1/s1. The van der Waals surface area contributed by atoms with Crippen LogP contribution in [0.1, 0.15) is 63.5 Å². The Morgan fingerprint density at radius 2 is 1.85 bits per heavy atom. The van der Waals surface area contributed by atoms with Crippen molar-refractivity contribution in [3.05, 3.63) is 70.7 Å². The van der Waals surface area contributed by atoms with Gasteiger partial charge >= 0.3 is 0 Å². The Kier molecular flexibility index (Phi) is 9.12. The van der Waals surface area contributed by atoms with Crippen molar-refractivity contribution in [2.45, 2.75) is 70.4 Å². The van der Waals surface area contributed by atoms with Gasteiger partial charge in [-0.2, -0.15) is 5.26 Å². The number of nitrogens with zero attached hydrogens (tertiary/aromatic N) is 2. The number of hydrogen-bond acceptors (Lipinski definition) is 3. The topological polar surface area (TPSA) is 73.2 Å². The summed E-state index contributed by atoms with van der Waals surface area (Å²) in [5.74, 6) is 0.0562. The summed E-state index contributed by atoms with van der Waals surface area (Å²) in [6, 6.07) is 19.5. The minimum Gasteiger partial charge on any atom is -0.350 e. The summed E-state index contributed by atoms with van der Waals surface area (Å²) in [4.78, 5) is 27.5. The van der Waals surface area contributed by atoms with Gasteiger partial charge in [-0.1, -0.05) is 80.4 Å². The summed E-state index contributed by atoms with van der Waals surface area (Å²) in [6.45, 7) is 5.12. The first-order chi connectivity index (χ1) is 16.4. The first-order valence-corrected chi connectivity index (χ1v) is 12.5. The SMILES string of the molecule is CC(C)[C@@](C#N)(CCCCC(=O)N1CCC[C@@H]1C(=O)NCc1ccccc1Cl)c1ccccc1. The van der Waals surface area contributed by atoms with E-state index in [-0.39, 0.29) is 17.7 Å². The Hall–Kier alpha value is -2.84. The molecule has 2 amide bonds. The maximum absolute atomic E-state index is 12.9. The van der Waals surface area contributed by atoms with Crippen molar-refractivity contribution < 1.29 is 9.59 Å². The number of unbranched alkanes of at least 4 members (excludes halogenated alkanes) is 1. The fourth-order valence-corrected chi connectivity index (χ4v) is 5.06. The van der Waals surface area contributed by atoms with Crippen molar-refractivity contribution in [1.29, 1.82) is 5.26 Å². The lowest BCUT2D eigenvalue weighted by molar-refractivity contribution is -0.138. The number of rotatable bonds is 10. The van der Waals surface area contributed by atoms with Gasteiger partial charge in [0, 0.05) is 24.5 Å². The summed E-state index contributed by atoms with van der Waals surface area (Å²) >= 11 is 6.18. The average molecular weight is 480 g/mol. The number of nitrogens with one attached hydrogen (secondary N) is 1. The Labute approximate surface area is 208 Å². The van der Waals surface area contributed by atoms with Gasteiger partial charge in [0.05, 0.1) is 11.5 Å². The molecule has 0 saturated carbocycles. The monoisotopic (exact) mass is 479 g/mol. The highest BCUT2D eigenvalue weighted by Gasteiger charge is 2.36. The molecule has 1 heterocycles. The highest BCUT2D eigenvalue weighted by Crippen LogP contribution is 2.37. The van der Waals surface area contributed by atoms with Gasteiger partial charge in [-0.05, 0) is 48.8 Å². The van der Waals surface area contributed by atoms with Crippen molar-refractivity contribution in [3.8, 4) is 6.07 Å². The van der Waals surface area contributed by atoms with Crippen LogP contribution in [0.25, 0.3) is 0 Å². The second-order valence-corrected chi connectivity index (χ2v) is 9.77. The summed E-state index contributed by atoms with van der Waals surface area (Å²) < 4.78 is 0. The molecule has 2 aromatic rings. The van der Waals surface area contributed by atoms with E-state index in [0.717, 1.165) is 24.0 Å². The van der Waals surface area contributed by atoms with Gasteiger partial charge in [-0.25, -0.2) is 0 Å². The Balaban J connectivity index is 1.52. The summed E-state index contributed by atoms with van der Waals surface area (Å²) in [5.41, 5.74) is 1.34. The van der Waals surface area contributed by atoms with Crippen molar-refractivity contribution >= 4 is 23.4 Å². The average Bonchev–Trinajstić information content (AvgIpc) is 3.34. The number of hydrogen-bond donors (Lipinski definition) is 1. The van der Waals surface area contributed by atoms with Crippen LogP contribution in [0.15, 0.2) is 54.6 Å². The van der Waals surface area contributed by atoms with E-state index in [1.165, 1.54) is 0 Å². The molecule has 5 nitrogen and oxygen atoms in total. The number of halogens is 1. The lowest BCUT2D eigenvalue weighted by Gasteiger charge is -2.31. The van der Waals surface area contributed by atoms with Gasteiger partial charge in [0.2, 0.25) is 11.8 Å². The molecular weight excluding hydrogens is 446 g/mol.